The van der Waals surface area contributed by atoms with Crippen LogP contribution in [0, 0.1) is 0 Å². The lowest BCUT2D eigenvalue weighted by molar-refractivity contribution is 0.232. The third-order valence-electron chi connectivity index (χ3n) is 2.35. The average molecular weight is 258 g/mol. The summed E-state index contributed by atoms with van der Waals surface area (Å²) in [7, 11) is 0. The Morgan fingerprint density at radius 3 is 2.63 bits per heavy atom. The molecule has 19 heavy (non-hydrogen) atoms. The maximum absolute atomic E-state index is 9.20. The molecule has 5 nitrogen and oxygen atoms in total. The predicted molar refractivity (Wildman–Crippen MR) is 71.6 cm³/mol. The number of benzene rings is 1. The Hall–Kier alpha value is -2.37. The average Bonchev–Trinajstić information content (AvgIpc) is 2.40. The van der Waals surface area contributed by atoms with Crippen molar-refractivity contribution in [3.63, 3.8) is 0 Å². The maximum Gasteiger partial charge on any atom is 0.137 e. The fraction of sp³-hybridized carbons (Fsp3) is 0.0714. The molecule has 1 atom stereocenters. The van der Waals surface area contributed by atoms with Crippen LogP contribution < -0.4 is 10.5 Å². The minimum absolute atomic E-state index is 0.174. The maximum atomic E-state index is 9.20. The number of aromatic hydroxyl groups is 1. The zero-order valence-electron chi connectivity index (χ0n) is 10.1. The van der Waals surface area contributed by atoms with Gasteiger partial charge in [0.25, 0.3) is 0 Å². The van der Waals surface area contributed by atoms with E-state index >= 15 is 0 Å². The number of phenolic OH excluding ortho intramolecular Hbond substituents is 1. The van der Waals surface area contributed by atoms with Crippen LogP contribution in [0.2, 0.25) is 0 Å². The summed E-state index contributed by atoms with van der Waals surface area (Å²) < 4.78 is 5.67. The molecule has 0 saturated heterocycles. The SMILES string of the molecule is NC(O)/C=C\c1cnccc1Oc1ccc(O)cc1. The summed E-state index contributed by atoms with van der Waals surface area (Å²) in [4.78, 5) is 3.99. The molecule has 1 aromatic heterocycles. The molecule has 5 heteroatoms. The van der Waals surface area contributed by atoms with E-state index in [4.69, 9.17) is 15.6 Å². The first-order valence-electron chi connectivity index (χ1n) is 5.68. The highest BCUT2D eigenvalue weighted by Gasteiger charge is 2.03. The summed E-state index contributed by atoms with van der Waals surface area (Å²) >= 11 is 0. The molecule has 0 spiro atoms. The topological polar surface area (TPSA) is 88.6 Å². The molecule has 2 aromatic rings. The molecule has 1 unspecified atom stereocenters. The van der Waals surface area contributed by atoms with Crippen molar-refractivity contribution in [1.82, 2.24) is 4.98 Å². The molecular weight excluding hydrogens is 244 g/mol. The summed E-state index contributed by atoms with van der Waals surface area (Å²) in [6.07, 6.45) is 5.25. The minimum atomic E-state index is -1.03. The van der Waals surface area contributed by atoms with E-state index in [1.54, 1.807) is 36.7 Å². The molecule has 0 radical (unpaired) electrons. The number of aromatic nitrogens is 1. The van der Waals surface area contributed by atoms with Crippen LogP contribution in [0.1, 0.15) is 5.56 Å². The number of aliphatic hydroxyl groups is 1. The van der Waals surface area contributed by atoms with Gasteiger partial charge in [0.2, 0.25) is 0 Å². The molecule has 0 saturated carbocycles. The Morgan fingerprint density at radius 2 is 1.95 bits per heavy atom. The van der Waals surface area contributed by atoms with Gasteiger partial charge >= 0.3 is 0 Å². The van der Waals surface area contributed by atoms with Crippen molar-refractivity contribution < 1.29 is 14.9 Å². The van der Waals surface area contributed by atoms with Crippen molar-refractivity contribution in [2.45, 2.75) is 6.23 Å². The van der Waals surface area contributed by atoms with E-state index in [1.165, 1.54) is 18.2 Å². The molecule has 0 aliphatic rings. The number of aliphatic hydroxyl groups excluding tert-OH is 1. The van der Waals surface area contributed by atoms with Gasteiger partial charge in [-0.15, -0.1) is 0 Å². The fourth-order valence-corrected chi connectivity index (χ4v) is 1.46. The first-order valence-corrected chi connectivity index (χ1v) is 5.68. The minimum Gasteiger partial charge on any atom is -0.508 e. The number of nitrogens with zero attached hydrogens (tertiary/aromatic N) is 1. The molecular formula is C14H14N2O3. The van der Waals surface area contributed by atoms with E-state index in [0.717, 1.165) is 0 Å². The molecule has 0 aliphatic heterocycles. The van der Waals surface area contributed by atoms with E-state index in [-0.39, 0.29) is 5.75 Å². The second-order valence-corrected chi connectivity index (χ2v) is 3.86. The summed E-state index contributed by atoms with van der Waals surface area (Å²) in [6, 6.07) is 8.09. The fourth-order valence-electron chi connectivity index (χ4n) is 1.46. The van der Waals surface area contributed by atoms with Crippen LogP contribution in [0.15, 0.2) is 48.8 Å². The summed E-state index contributed by atoms with van der Waals surface area (Å²) in [5, 5.41) is 18.2. The second-order valence-electron chi connectivity index (χ2n) is 3.86. The number of phenols is 1. The van der Waals surface area contributed by atoms with Crippen molar-refractivity contribution in [3.05, 3.63) is 54.4 Å². The van der Waals surface area contributed by atoms with Gasteiger partial charge in [-0.25, -0.2) is 0 Å². The number of rotatable bonds is 4. The van der Waals surface area contributed by atoms with Gasteiger partial charge in [-0.05, 0) is 42.5 Å². The van der Waals surface area contributed by atoms with E-state index in [9.17, 15) is 5.11 Å². The van der Waals surface area contributed by atoms with Gasteiger partial charge in [-0.2, -0.15) is 0 Å². The Bertz CT molecular complexity index is 565. The summed E-state index contributed by atoms with van der Waals surface area (Å²) in [6.45, 7) is 0. The quantitative estimate of drug-likeness (QED) is 0.728. The molecule has 1 aromatic carbocycles. The third-order valence-corrected chi connectivity index (χ3v) is 2.35. The molecule has 4 N–H and O–H groups in total. The largest absolute Gasteiger partial charge is 0.508 e. The van der Waals surface area contributed by atoms with Gasteiger partial charge < -0.3 is 20.7 Å². The first-order chi connectivity index (χ1) is 9.15. The van der Waals surface area contributed by atoms with E-state index in [1.807, 2.05) is 0 Å². The van der Waals surface area contributed by atoms with Crippen molar-refractivity contribution in [1.29, 1.82) is 0 Å². The first kappa shape index (κ1) is 13.1. The Morgan fingerprint density at radius 1 is 1.21 bits per heavy atom. The Kier molecular flexibility index (Phi) is 4.12. The van der Waals surface area contributed by atoms with Crippen LogP contribution in [0.3, 0.4) is 0 Å². The van der Waals surface area contributed by atoms with Crippen LogP contribution in [-0.2, 0) is 0 Å². The van der Waals surface area contributed by atoms with E-state index in [0.29, 0.717) is 17.1 Å². The molecule has 2 rings (SSSR count). The number of nitrogens with two attached hydrogens (primary N) is 1. The third kappa shape index (κ3) is 3.80. The van der Waals surface area contributed by atoms with Crippen molar-refractivity contribution in [2.75, 3.05) is 0 Å². The highest BCUT2D eigenvalue weighted by molar-refractivity contribution is 5.57. The molecule has 1 heterocycles. The van der Waals surface area contributed by atoms with E-state index < -0.39 is 6.23 Å². The highest BCUT2D eigenvalue weighted by atomic mass is 16.5. The monoisotopic (exact) mass is 258 g/mol. The van der Waals surface area contributed by atoms with Crippen LogP contribution in [0.25, 0.3) is 6.08 Å². The lowest BCUT2D eigenvalue weighted by atomic mass is 10.2. The van der Waals surface area contributed by atoms with Gasteiger partial charge in [0.05, 0.1) is 0 Å². The molecule has 0 fully saturated rings. The van der Waals surface area contributed by atoms with Crippen molar-refractivity contribution >= 4 is 6.08 Å². The zero-order chi connectivity index (χ0) is 13.7. The molecule has 0 amide bonds. The Labute approximate surface area is 110 Å². The molecule has 98 valence electrons. The lowest BCUT2D eigenvalue weighted by Gasteiger charge is -2.08. The smallest absolute Gasteiger partial charge is 0.137 e. The zero-order valence-corrected chi connectivity index (χ0v) is 10.1. The van der Waals surface area contributed by atoms with Crippen LogP contribution in [0.4, 0.5) is 0 Å². The van der Waals surface area contributed by atoms with Gasteiger partial charge in [0, 0.05) is 18.0 Å². The second kappa shape index (κ2) is 5.99. The van der Waals surface area contributed by atoms with Crippen LogP contribution in [-0.4, -0.2) is 21.4 Å². The normalized spacial score (nSPS) is 12.5. The standard InChI is InChI=1S/C14H14N2O3/c15-14(18)6-1-10-9-16-8-7-13(10)19-12-4-2-11(17)3-5-12/h1-9,14,17-18H,15H2/b6-1-. The summed E-state index contributed by atoms with van der Waals surface area (Å²) in [5.41, 5.74) is 5.93. The predicted octanol–water partition coefficient (Wildman–Crippen LogP) is 1.87. The molecule has 0 bridgehead atoms. The summed E-state index contributed by atoms with van der Waals surface area (Å²) in [5.74, 6) is 1.35. The van der Waals surface area contributed by atoms with Crippen molar-refractivity contribution in [2.24, 2.45) is 5.73 Å². The van der Waals surface area contributed by atoms with Gasteiger partial charge in [0.1, 0.15) is 23.5 Å². The van der Waals surface area contributed by atoms with Crippen LogP contribution in [0.5, 0.6) is 17.2 Å². The van der Waals surface area contributed by atoms with Gasteiger partial charge in [0.15, 0.2) is 0 Å². The van der Waals surface area contributed by atoms with E-state index in [2.05, 4.69) is 4.98 Å². The van der Waals surface area contributed by atoms with Gasteiger partial charge in [-0.1, -0.05) is 0 Å². The Balaban J connectivity index is 2.22. The molecule has 0 aliphatic carbocycles. The van der Waals surface area contributed by atoms with Crippen LogP contribution >= 0.6 is 0 Å². The van der Waals surface area contributed by atoms with Crippen molar-refractivity contribution in [3.8, 4) is 17.2 Å². The lowest BCUT2D eigenvalue weighted by Crippen LogP contribution is -2.14. The number of ether oxygens (including phenoxy) is 1. The van der Waals surface area contributed by atoms with Gasteiger partial charge in [-0.3, -0.25) is 4.98 Å². The number of pyridine rings is 1. The number of hydrogen-bond donors (Lipinski definition) is 3. The highest BCUT2D eigenvalue weighted by Crippen LogP contribution is 2.26. The number of hydrogen-bond acceptors (Lipinski definition) is 5.